The van der Waals surface area contributed by atoms with Gasteiger partial charge in [0.1, 0.15) is 0 Å². The Morgan fingerprint density at radius 1 is 1.47 bits per heavy atom. The Morgan fingerprint density at radius 3 is 2.53 bits per heavy atom. The first-order valence-corrected chi connectivity index (χ1v) is 7.51. The molecule has 1 aromatic rings. The molecule has 2 atom stereocenters. The van der Waals surface area contributed by atoms with E-state index in [9.17, 15) is 5.11 Å². The normalized spacial score (nSPS) is 28.2. The van der Waals surface area contributed by atoms with Gasteiger partial charge < -0.3 is 9.84 Å². The molecule has 1 aromatic heterocycles. The third-order valence-corrected chi connectivity index (χ3v) is 5.17. The molecule has 2 heterocycles. The summed E-state index contributed by atoms with van der Waals surface area (Å²) in [6.45, 7) is 8.31. The summed E-state index contributed by atoms with van der Waals surface area (Å²) in [5.41, 5.74) is -0.428. The van der Waals surface area contributed by atoms with E-state index >= 15 is 0 Å². The van der Waals surface area contributed by atoms with Crippen LogP contribution in [0.4, 0.5) is 0 Å². The molecule has 2 rings (SSSR count). The highest BCUT2D eigenvalue weighted by molar-refractivity contribution is 9.10. The van der Waals surface area contributed by atoms with Crippen molar-refractivity contribution in [2.75, 3.05) is 0 Å². The van der Waals surface area contributed by atoms with Crippen molar-refractivity contribution >= 4 is 27.3 Å². The van der Waals surface area contributed by atoms with Crippen LogP contribution in [0.3, 0.4) is 0 Å². The van der Waals surface area contributed by atoms with Gasteiger partial charge in [0.25, 0.3) is 0 Å². The average Bonchev–Trinajstić information content (AvgIpc) is 2.66. The van der Waals surface area contributed by atoms with E-state index < -0.39 is 6.10 Å². The van der Waals surface area contributed by atoms with Gasteiger partial charge in [-0.2, -0.15) is 0 Å². The zero-order chi connectivity index (χ0) is 12.8. The quantitative estimate of drug-likeness (QED) is 0.888. The molecule has 0 amide bonds. The Bertz CT molecular complexity index is 411. The van der Waals surface area contributed by atoms with Gasteiger partial charge >= 0.3 is 0 Å². The molecule has 0 radical (unpaired) electrons. The van der Waals surface area contributed by atoms with Crippen molar-refractivity contribution in [1.82, 2.24) is 0 Å². The second-order valence-corrected chi connectivity index (χ2v) is 7.75. The number of thiophene rings is 1. The highest BCUT2D eigenvalue weighted by Gasteiger charge is 2.49. The Morgan fingerprint density at radius 2 is 2.12 bits per heavy atom. The van der Waals surface area contributed by atoms with Crippen LogP contribution < -0.4 is 0 Å². The summed E-state index contributed by atoms with van der Waals surface area (Å²) in [5.74, 6) is 0.142. The van der Waals surface area contributed by atoms with E-state index in [2.05, 4.69) is 43.6 Å². The third kappa shape index (κ3) is 2.75. The number of ether oxygens (including phenoxy) is 1. The lowest BCUT2D eigenvalue weighted by Crippen LogP contribution is -2.32. The molecule has 1 fully saturated rings. The fraction of sp³-hybridized carbons (Fsp3) is 0.692. The van der Waals surface area contributed by atoms with Crippen molar-refractivity contribution in [2.24, 2.45) is 5.92 Å². The van der Waals surface area contributed by atoms with Crippen LogP contribution in [0.5, 0.6) is 0 Å². The van der Waals surface area contributed by atoms with E-state index in [0.29, 0.717) is 0 Å². The molecule has 2 unspecified atom stereocenters. The first kappa shape index (κ1) is 13.5. The van der Waals surface area contributed by atoms with Crippen LogP contribution in [0.15, 0.2) is 15.9 Å². The van der Waals surface area contributed by atoms with Crippen LogP contribution in [0, 0.1) is 5.92 Å². The predicted molar refractivity (Wildman–Crippen MR) is 74.3 cm³/mol. The van der Waals surface area contributed by atoms with E-state index in [1.807, 2.05) is 11.4 Å². The van der Waals surface area contributed by atoms with Gasteiger partial charge in [0.2, 0.25) is 0 Å². The lowest BCUT2D eigenvalue weighted by molar-refractivity contribution is -0.0877. The summed E-state index contributed by atoms with van der Waals surface area (Å²) >= 11 is 5.02. The van der Waals surface area contributed by atoms with Gasteiger partial charge in [0, 0.05) is 20.6 Å². The molecule has 0 bridgehead atoms. The maximum Gasteiger partial charge on any atom is 0.0938 e. The van der Waals surface area contributed by atoms with Crippen LogP contribution in [-0.4, -0.2) is 16.3 Å². The minimum atomic E-state index is -0.442. The largest absolute Gasteiger partial charge is 0.387 e. The van der Waals surface area contributed by atoms with Crippen LogP contribution in [0.2, 0.25) is 0 Å². The zero-order valence-corrected chi connectivity index (χ0v) is 13.1. The van der Waals surface area contributed by atoms with Crippen LogP contribution >= 0.6 is 27.3 Å². The number of halogens is 1. The number of aliphatic hydroxyl groups is 1. The van der Waals surface area contributed by atoms with Crippen molar-refractivity contribution in [1.29, 1.82) is 0 Å². The first-order chi connectivity index (χ1) is 7.71. The van der Waals surface area contributed by atoms with E-state index in [1.165, 1.54) is 0 Å². The predicted octanol–water partition coefficient (Wildman–Crippen LogP) is 4.14. The Labute approximate surface area is 115 Å². The molecule has 2 nitrogen and oxygen atoms in total. The molecule has 0 aliphatic carbocycles. The fourth-order valence-electron chi connectivity index (χ4n) is 2.78. The maximum atomic E-state index is 10.5. The van der Waals surface area contributed by atoms with Gasteiger partial charge in [0.05, 0.1) is 17.3 Å². The minimum absolute atomic E-state index is 0.142. The molecule has 1 aliphatic heterocycles. The number of hydrogen-bond acceptors (Lipinski definition) is 3. The molecule has 1 N–H and O–H groups in total. The summed E-state index contributed by atoms with van der Waals surface area (Å²) < 4.78 is 7.07. The highest BCUT2D eigenvalue weighted by Crippen LogP contribution is 2.48. The molecule has 0 aromatic carbocycles. The maximum absolute atomic E-state index is 10.5. The molecule has 96 valence electrons. The Balaban J connectivity index is 2.23. The summed E-state index contributed by atoms with van der Waals surface area (Å²) in [6.07, 6.45) is 0.444. The van der Waals surface area contributed by atoms with Crippen molar-refractivity contribution in [3.8, 4) is 0 Å². The van der Waals surface area contributed by atoms with E-state index in [4.69, 9.17) is 4.74 Å². The molecular formula is C13H19BrO2S. The summed E-state index contributed by atoms with van der Waals surface area (Å²) in [5, 5.41) is 12.5. The van der Waals surface area contributed by atoms with Crippen molar-refractivity contribution in [3.05, 3.63) is 20.8 Å². The van der Waals surface area contributed by atoms with Gasteiger partial charge in [-0.1, -0.05) is 0 Å². The molecule has 0 saturated carbocycles. The highest BCUT2D eigenvalue weighted by atomic mass is 79.9. The van der Waals surface area contributed by atoms with Crippen molar-refractivity contribution in [3.63, 3.8) is 0 Å². The molecule has 4 heteroatoms. The topological polar surface area (TPSA) is 29.5 Å². The SMILES string of the molecule is CC1(C)CC(C(O)c2cc(Br)cs2)C(C)(C)O1. The summed E-state index contributed by atoms with van der Waals surface area (Å²) in [4.78, 5) is 1.01. The van der Waals surface area contributed by atoms with Crippen LogP contribution in [0.1, 0.15) is 45.1 Å². The molecular weight excluding hydrogens is 300 g/mol. The standard InChI is InChI=1S/C13H19BrO2S/c1-12(2)6-9(13(3,4)16-12)11(15)10-5-8(14)7-17-10/h5,7,9,11,15H,6H2,1-4H3. The lowest BCUT2D eigenvalue weighted by Gasteiger charge is -2.29. The monoisotopic (exact) mass is 318 g/mol. The third-order valence-electron chi connectivity index (χ3n) is 3.40. The second-order valence-electron chi connectivity index (χ2n) is 5.89. The molecule has 1 saturated heterocycles. The van der Waals surface area contributed by atoms with Gasteiger partial charge in [-0.15, -0.1) is 11.3 Å². The second kappa shape index (κ2) is 4.34. The van der Waals surface area contributed by atoms with Crippen LogP contribution in [0.25, 0.3) is 0 Å². The van der Waals surface area contributed by atoms with Crippen molar-refractivity contribution < 1.29 is 9.84 Å². The van der Waals surface area contributed by atoms with E-state index in [0.717, 1.165) is 15.8 Å². The average molecular weight is 319 g/mol. The first-order valence-electron chi connectivity index (χ1n) is 5.83. The summed E-state index contributed by atoms with van der Waals surface area (Å²) in [7, 11) is 0. The van der Waals surface area contributed by atoms with Gasteiger partial charge in [-0.3, -0.25) is 0 Å². The fourth-order valence-corrected chi connectivity index (χ4v) is 4.27. The van der Waals surface area contributed by atoms with Crippen molar-refractivity contribution in [2.45, 2.75) is 51.4 Å². The van der Waals surface area contributed by atoms with Gasteiger partial charge in [-0.05, 0) is 56.1 Å². The number of rotatable bonds is 2. The Kier molecular flexibility index (Phi) is 3.45. The van der Waals surface area contributed by atoms with Gasteiger partial charge in [-0.25, -0.2) is 0 Å². The minimum Gasteiger partial charge on any atom is -0.387 e. The zero-order valence-electron chi connectivity index (χ0n) is 10.7. The number of aliphatic hydroxyl groups excluding tert-OH is 1. The lowest BCUT2D eigenvalue weighted by atomic mass is 9.82. The Hall–Kier alpha value is 0.1000. The van der Waals surface area contributed by atoms with Gasteiger partial charge in [0.15, 0.2) is 0 Å². The summed E-state index contributed by atoms with van der Waals surface area (Å²) in [6, 6.07) is 2.00. The molecule has 17 heavy (non-hydrogen) atoms. The van der Waals surface area contributed by atoms with E-state index in [-0.39, 0.29) is 17.1 Å². The molecule has 0 spiro atoms. The van der Waals surface area contributed by atoms with E-state index in [1.54, 1.807) is 11.3 Å². The smallest absolute Gasteiger partial charge is 0.0938 e. The van der Waals surface area contributed by atoms with Crippen LogP contribution in [-0.2, 0) is 4.74 Å². The molecule has 1 aliphatic rings. The number of hydrogen-bond donors (Lipinski definition) is 1.